The molecule has 1 saturated heterocycles. The van der Waals surface area contributed by atoms with Crippen LogP contribution in [0.15, 0.2) is 24.3 Å². The summed E-state index contributed by atoms with van der Waals surface area (Å²) < 4.78 is 10.2. The number of anilines is 1. The molecule has 0 radical (unpaired) electrons. The van der Waals surface area contributed by atoms with Crippen molar-refractivity contribution in [2.24, 2.45) is 0 Å². The standard InChI is InChI=1S/C14H18N2O4/c1-15-12-4-2-11(3-5-12)13(20-10-17)14(18)16-6-8-19-9-7-16/h2-5,10,13,15H,6-9H2,1H3. The summed E-state index contributed by atoms with van der Waals surface area (Å²) in [5.74, 6) is -0.211. The molecule has 1 N–H and O–H groups in total. The van der Waals surface area contributed by atoms with Gasteiger partial charge in [0.05, 0.1) is 13.2 Å². The van der Waals surface area contributed by atoms with E-state index in [1.165, 1.54) is 0 Å². The minimum absolute atomic E-state index is 0.211. The molecule has 1 atom stereocenters. The molecule has 0 aromatic heterocycles. The SMILES string of the molecule is CNc1ccc(C(OC=O)C(=O)N2CCOCC2)cc1. The molecule has 20 heavy (non-hydrogen) atoms. The zero-order chi connectivity index (χ0) is 14.4. The monoisotopic (exact) mass is 278 g/mol. The second-order valence-corrected chi connectivity index (χ2v) is 4.42. The van der Waals surface area contributed by atoms with Crippen LogP contribution in [-0.4, -0.2) is 50.6 Å². The van der Waals surface area contributed by atoms with E-state index in [9.17, 15) is 9.59 Å². The lowest BCUT2D eigenvalue weighted by Crippen LogP contribution is -2.43. The van der Waals surface area contributed by atoms with E-state index in [2.05, 4.69) is 5.32 Å². The Morgan fingerprint density at radius 1 is 1.35 bits per heavy atom. The molecule has 0 spiro atoms. The molecule has 6 nitrogen and oxygen atoms in total. The van der Waals surface area contributed by atoms with Crippen molar-refractivity contribution in [1.29, 1.82) is 0 Å². The number of benzene rings is 1. The minimum Gasteiger partial charge on any atom is -0.449 e. The topological polar surface area (TPSA) is 67.9 Å². The van der Waals surface area contributed by atoms with Crippen LogP contribution in [0.1, 0.15) is 11.7 Å². The Labute approximate surface area is 117 Å². The molecule has 1 aliphatic rings. The van der Waals surface area contributed by atoms with Crippen LogP contribution < -0.4 is 5.32 Å². The van der Waals surface area contributed by atoms with Crippen LogP contribution in [-0.2, 0) is 19.1 Å². The molecule has 6 heteroatoms. The van der Waals surface area contributed by atoms with Crippen LogP contribution >= 0.6 is 0 Å². The van der Waals surface area contributed by atoms with Crippen molar-refractivity contribution in [3.63, 3.8) is 0 Å². The van der Waals surface area contributed by atoms with Crippen LogP contribution in [0, 0.1) is 0 Å². The molecule has 1 fully saturated rings. The number of rotatable bonds is 5. The summed E-state index contributed by atoms with van der Waals surface area (Å²) >= 11 is 0. The first kappa shape index (κ1) is 14.3. The van der Waals surface area contributed by atoms with E-state index in [4.69, 9.17) is 9.47 Å². The zero-order valence-electron chi connectivity index (χ0n) is 11.4. The molecule has 1 amide bonds. The Hall–Kier alpha value is -2.08. The maximum atomic E-state index is 12.4. The molecule has 108 valence electrons. The lowest BCUT2D eigenvalue weighted by Gasteiger charge is -2.29. The summed E-state index contributed by atoms with van der Waals surface area (Å²) in [6.07, 6.45) is -0.892. The fourth-order valence-electron chi connectivity index (χ4n) is 2.11. The highest BCUT2D eigenvalue weighted by Gasteiger charge is 2.28. The first-order chi connectivity index (χ1) is 9.76. The number of carbonyl (C=O) groups is 2. The number of amides is 1. The van der Waals surface area contributed by atoms with Crippen LogP contribution in [0.4, 0.5) is 5.69 Å². The van der Waals surface area contributed by atoms with E-state index >= 15 is 0 Å². The Balaban J connectivity index is 2.15. The Morgan fingerprint density at radius 2 is 2.00 bits per heavy atom. The number of nitrogens with zero attached hydrogens (tertiary/aromatic N) is 1. The van der Waals surface area contributed by atoms with Gasteiger partial charge in [-0.3, -0.25) is 9.59 Å². The smallest absolute Gasteiger partial charge is 0.294 e. The van der Waals surface area contributed by atoms with Crippen molar-refractivity contribution < 1.29 is 19.1 Å². The first-order valence-electron chi connectivity index (χ1n) is 6.49. The molecule has 0 saturated carbocycles. The second-order valence-electron chi connectivity index (χ2n) is 4.42. The molecule has 1 aromatic rings. The Bertz CT molecular complexity index is 455. The molecule has 1 aliphatic heterocycles. The summed E-state index contributed by atoms with van der Waals surface area (Å²) in [4.78, 5) is 24.7. The maximum Gasteiger partial charge on any atom is 0.294 e. The largest absolute Gasteiger partial charge is 0.449 e. The van der Waals surface area contributed by atoms with Gasteiger partial charge in [-0.05, 0) is 12.1 Å². The molecular formula is C14H18N2O4. The van der Waals surface area contributed by atoms with Gasteiger partial charge < -0.3 is 19.7 Å². The van der Waals surface area contributed by atoms with Gasteiger partial charge in [0.1, 0.15) is 0 Å². The highest BCUT2D eigenvalue weighted by Crippen LogP contribution is 2.22. The van der Waals surface area contributed by atoms with Crippen molar-refractivity contribution >= 4 is 18.1 Å². The van der Waals surface area contributed by atoms with E-state index < -0.39 is 6.10 Å². The Morgan fingerprint density at radius 3 is 2.55 bits per heavy atom. The van der Waals surface area contributed by atoms with Crippen LogP contribution in [0.3, 0.4) is 0 Å². The van der Waals surface area contributed by atoms with Gasteiger partial charge in [-0.1, -0.05) is 12.1 Å². The van der Waals surface area contributed by atoms with Gasteiger partial charge in [0, 0.05) is 31.4 Å². The van der Waals surface area contributed by atoms with Crippen molar-refractivity contribution in [3.05, 3.63) is 29.8 Å². The van der Waals surface area contributed by atoms with E-state index in [0.29, 0.717) is 38.3 Å². The number of hydrogen-bond acceptors (Lipinski definition) is 5. The van der Waals surface area contributed by atoms with E-state index in [-0.39, 0.29) is 5.91 Å². The molecular weight excluding hydrogens is 260 g/mol. The fraction of sp³-hybridized carbons (Fsp3) is 0.429. The lowest BCUT2D eigenvalue weighted by atomic mass is 10.1. The number of carbonyl (C=O) groups excluding carboxylic acids is 2. The van der Waals surface area contributed by atoms with Crippen LogP contribution in [0.5, 0.6) is 0 Å². The quantitative estimate of drug-likeness (QED) is 0.807. The summed E-state index contributed by atoms with van der Waals surface area (Å²) in [7, 11) is 1.81. The van der Waals surface area contributed by atoms with Crippen LogP contribution in [0.25, 0.3) is 0 Å². The summed E-state index contributed by atoms with van der Waals surface area (Å²) in [6.45, 7) is 2.38. The predicted octanol–water partition coefficient (Wildman–Crippen LogP) is 0.801. The average Bonchev–Trinajstić information content (AvgIpc) is 2.53. The number of morpholine rings is 1. The molecule has 2 rings (SSSR count). The van der Waals surface area contributed by atoms with Gasteiger partial charge in [0.25, 0.3) is 12.4 Å². The van der Waals surface area contributed by atoms with Gasteiger partial charge in [0.15, 0.2) is 0 Å². The molecule has 1 aromatic carbocycles. The molecule has 0 bridgehead atoms. The maximum absolute atomic E-state index is 12.4. The van der Waals surface area contributed by atoms with Crippen molar-refractivity contribution in [1.82, 2.24) is 4.90 Å². The van der Waals surface area contributed by atoms with Crippen molar-refractivity contribution in [3.8, 4) is 0 Å². The lowest BCUT2D eigenvalue weighted by molar-refractivity contribution is -0.154. The number of nitrogens with one attached hydrogen (secondary N) is 1. The Kier molecular flexibility index (Phi) is 4.95. The third-order valence-corrected chi connectivity index (χ3v) is 3.24. The van der Waals surface area contributed by atoms with Gasteiger partial charge in [0.2, 0.25) is 6.10 Å². The van der Waals surface area contributed by atoms with Gasteiger partial charge in [-0.25, -0.2) is 0 Å². The zero-order valence-corrected chi connectivity index (χ0v) is 11.4. The summed E-state index contributed by atoms with van der Waals surface area (Å²) in [5.41, 5.74) is 1.59. The first-order valence-corrected chi connectivity index (χ1v) is 6.49. The van der Waals surface area contributed by atoms with Gasteiger partial charge in [-0.2, -0.15) is 0 Å². The van der Waals surface area contributed by atoms with Crippen molar-refractivity contribution in [2.75, 3.05) is 38.7 Å². The summed E-state index contributed by atoms with van der Waals surface area (Å²) in [6, 6.07) is 7.23. The van der Waals surface area contributed by atoms with Gasteiger partial charge >= 0.3 is 0 Å². The molecule has 0 aliphatic carbocycles. The van der Waals surface area contributed by atoms with Gasteiger partial charge in [-0.15, -0.1) is 0 Å². The third-order valence-electron chi connectivity index (χ3n) is 3.24. The highest BCUT2D eigenvalue weighted by molar-refractivity contribution is 5.83. The minimum atomic E-state index is -0.892. The normalized spacial score (nSPS) is 16.4. The van der Waals surface area contributed by atoms with E-state index in [0.717, 1.165) is 5.69 Å². The number of ether oxygens (including phenoxy) is 2. The van der Waals surface area contributed by atoms with Crippen LogP contribution in [0.2, 0.25) is 0 Å². The number of hydrogen-bond donors (Lipinski definition) is 1. The van der Waals surface area contributed by atoms with E-state index in [1.807, 2.05) is 19.2 Å². The predicted molar refractivity (Wildman–Crippen MR) is 73.3 cm³/mol. The third kappa shape index (κ3) is 3.27. The summed E-state index contributed by atoms with van der Waals surface area (Å²) in [5, 5.41) is 3.00. The molecule has 1 unspecified atom stereocenters. The average molecular weight is 278 g/mol. The fourth-order valence-corrected chi connectivity index (χ4v) is 2.11. The highest BCUT2D eigenvalue weighted by atomic mass is 16.5. The second kappa shape index (κ2) is 6.91. The molecule has 1 heterocycles. The van der Waals surface area contributed by atoms with E-state index in [1.54, 1.807) is 17.0 Å². The van der Waals surface area contributed by atoms with Crippen molar-refractivity contribution in [2.45, 2.75) is 6.10 Å².